The Morgan fingerprint density at radius 1 is 0.800 bits per heavy atom. The monoisotopic (exact) mass is 392 g/mol. The van der Waals surface area contributed by atoms with Crippen molar-refractivity contribution < 1.29 is 39.5 Å². The van der Waals surface area contributed by atoms with Gasteiger partial charge in [0.25, 0.3) is 0 Å². The van der Waals surface area contributed by atoms with Gasteiger partial charge in [0.1, 0.15) is 0 Å². The average molecular weight is 393 g/mol. The molecule has 0 heterocycles. The average Bonchev–Trinajstić information content (AvgIpc) is 2.15. The third kappa shape index (κ3) is 4.21. The Morgan fingerprint density at radius 2 is 1.30 bits per heavy atom. The van der Waals surface area contributed by atoms with Crippen LogP contribution in [0.15, 0.2) is 21.5 Å². The Balaban J connectivity index is 3.64. The van der Waals surface area contributed by atoms with Gasteiger partial charge in [-0.15, -0.1) is 0 Å². The van der Waals surface area contributed by atoms with Crippen LogP contribution in [-0.4, -0.2) is 5.51 Å². The lowest BCUT2D eigenvalue weighted by Gasteiger charge is -2.20. The van der Waals surface area contributed by atoms with Crippen LogP contribution < -0.4 is 0 Å². The van der Waals surface area contributed by atoms with Crippen LogP contribution in [0.2, 0.25) is 0 Å². The molecule has 0 nitrogen and oxygen atoms in total. The van der Waals surface area contributed by atoms with Crippen LogP contribution in [-0.2, 0) is 12.4 Å². The van der Waals surface area contributed by atoms with E-state index in [2.05, 4.69) is 15.9 Å². The summed E-state index contributed by atoms with van der Waals surface area (Å²) in [5, 5.41) is 0. The summed E-state index contributed by atoms with van der Waals surface area (Å²) in [4.78, 5) is -1.57. The molecule has 0 unspecified atom stereocenters. The Hall–Kier alpha value is -0.580. The Bertz CT molecular complexity index is 500. The molecule has 1 aromatic rings. The van der Waals surface area contributed by atoms with Gasteiger partial charge in [0, 0.05) is 9.37 Å². The van der Waals surface area contributed by atoms with Gasteiger partial charge in [0.2, 0.25) is 0 Å². The summed E-state index contributed by atoms with van der Waals surface area (Å²) < 4.78 is 112. The number of halogens is 10. The van der Waals surface area contributed by atoms with Crippen molar-refractivity contribution in [2.24, 2.45) is 0 Å². The molecule has 0 aliphatic rings. The van der Waals surface area contributed by atoms with Crippen molar-refractivity contribution in [3.05, 3.63) is 27.7 Å². The zero-order valence-corrected chi connectivity index (χ0v) is 11.2. The van der Waals surface area contributed by atoms with Crippen LogP contribution in [0.4, 0.5) is 39.5 Å². The molecule has 0 N–H and O–H groups in total. The standard InChI is InChI=1S/C9H2BrF9S/c10-4-2-1-3(7(11,12)13)5(8(14,15)16)6(4)20-9(17,18)19/h1-2H. The van der Waals surface area contributed by atoms with E-state index in [0.29, 0.717) is 6.07 Å². The lowest BCUT2D eigenvalue weighted by Crippen LogP contribution is -2.19. The third-order valence-electron chi connectivity index (χ3n) is 1.92. The van der Waals surface area contributed by atoms with Crippen LogP contribution in [0, 0.1) is 0 Å². The van der Waals surface area contributed by atoms with Gasteiger partial charge < -0.3 is 0 Å². The first-order chi connectivity index (χ1) is 8.73. The predicted molar refractivity (Wildman–Crippen MR) is 56.1 cm³/mol. The van der Waals surface area contributed by atoms with Crippen LogP contribution in [0.3, 0.4) is 0 Å². The summed E-state index contributed by atoms with van der Waals surface area (Å²) in [5.41, 5.74) is -9.69. The zero-order chi connectivity index (χ0) is 15.9. The molecule has 0 radical (unpaired) electrons. The van der Waals surface area contributed by atoms with Crippen molar-refractivity contribution in [1.82, 2.24) is 0 Å². The fourth-order valence-electron chi connectivity index (χ4n) is 1.29. The van der Waals surface area contributed by atoms with Gasteiger partial charge in [-0.25, -0.2) is 0 Å². The molecule has 0 spiro atoms. The number of hydrogen-bond donors (Lipinski definition) is 0. The number of benzene rings is 1. The largest absolute Gasteiger partial charge is 0.446 e. The molecule has 0 fully saturated rings. The number of thioether (sulfide) groups is 1. The van der Waals surface area contributed by atoms with E-state index < -0.39 is 50.1 Å². The topological polar surface area (TPSA) is 0 Å². The third-order valence-corrected chi connectivity index (χ3v) is 3.70. The van der Waals surface area contributed by atoms with Gasteiger partial charge in [-0.1, -0.05) is 0 Å². The molecule has 0 atom stereocenters. The van der Waals surface area contributed by atoms with Crippen LogP contribution >= 0.6 is 27.7 Å². The maximum atomic E-state index is 12.7. The van der Waals surface area contributed by atoms with Gasteiger partial charge in [-0.2, -0.15) is 39.5 Å². The van der Waals surface area contributed by atoms with Gasteiger partial charge in [-0.3, -0.25) is 0 Å². The second-order valence-corrected chi connectivity index (χ2v) is 5.27. The van der Waals surface area contributed by atoms with Gasteiger partial charge in [0.05, 0.1) is 11.1 Å². The first kappa shape index (κ1) is 17.5. The molecule has 0 saturated heterocycles. The number of rotatable bonds is 1. The number of hydrogen-bond acceptors (Lipinski definition) is 1. The van der Waals surface area contributed by atoms with Crippen LogP contribution in [0.1, 0.15) is 11.1 Å². The molecule has 1 aromatic carbocycles. The van der Waals surface area contributed by atoms with Crippen molar-refractivity contribution in [2.45, 2.75) is 22.8 Å². The quantitative estimate of drug-likeness (QED) is 0.411. The SMILES string of the molecule is FC(F)(F)Sc1c(Br)ccc(C(F)(F)F)c1C(F)(F)F. The fourth-order valence-corrected chi connectivity index (χ4v) is 2.59. The van der Waals surface area contributed by atoms with Crippen molar-refractivity contribution >= 4 is 27.7 Å². The first-order valence-electron chi connectivity index (χ1n) is 4.46. The maximum absolute atomic E-state index is 12.7. The summed E-state index contributed by atoms with van der Waals surface area (Å²) in [7, 11) is 0. The van der Waals surface area contributed by atoms with E-state index in [-0.39, 0.29) is 6.07 Å². The Labute approximate surface area is 118 Å². The van der Waals surface area contributed by atoms with E-state index >= 15 is 0 Å². The smallest absolute Gasteiger partial charge is 0.166 e. The Kier molecular flexibility index (Phi) is 4.65. The highest BCUT2D eigenvalue weighted by atomic mass is 79.9. The molecule has 0 saturated carbocycles. The molecule has 20 heavy (non-hydrogen) atoms. The van der Waals surface area contributed by atoms with Crippen LogP contribution in [0.5, 0.6) is 0 Å². The Morgan fingerprint density at radius 3 is 1.65 bits per heavy atom. The first-order valence-corrected chi connectivity index (χ1v) is 6.07. The second-order valence-electron chi connectivity index (χ2n) is 3.34. The van der Waals surface area contributed by atoms with Crippen molar-refractivity contribution in [3.8, 4) is 0 Å². The summed E-state index contributed by atoms with van der Waals surface area (Å²) in [6.07, 6.45) is -11.0. The molecule has 0 aliphatic carbocycles. The highest BCUT2D eigenvalue weighted by molar-refractivity contribution is 9.10. The molecule has 1 rings (SSSR count). The molecular formula is C9H2BrF9S. The molecule has 11 heteroatoms. The van der Waals surface area contributed by atoms with E-state index in [1.54, 1.807) is 0 Å². The van der Waals surface area contributed by atoms with Crippen molar-refractivity contribution in [3.63, 3.8) is 0 Å². The maximum Gasteiger partial charge on any atom is 0.446 e. The molecule has 0 amide bonds. The molecule has 0 aromatic heterocycles. The predicted octanol–water partition coefficient (Wildman–Crippen LogP) is 6.10. The molecular weight excluding hydrogens is 391 g/mol. The summed E-state index contributed by atoms with van der Waals surface area (Å²) in [6.45, 7) is 0. The van der Waals surface area contributed by atoms with E-state index in [9.17, 15) is 39.5 Å². The highest BCUT2D eigenvalue weighted by Gasteiger charge is 2.47. The minimum atomic E-state index is -5.58. The minimum absolute atomic E-state index is 0.0767. The van der Waals surface area contributed by atoms with E-state index in [1.807, 2.05) is 0 Å². The minimum Gasteiger partial charge on any atom is -0.166 e. The summed E-state index contributed by atoms with van der Waals surface area (Å²) in [5.74, 6) is 0. The summed E-state index contributed by atoms with van der Waals surface area (Å²) >= 11 is 1.15. The van der Waals surface area contributed by atoms with Gasteiger partial charge >= 0.3 is 17.9 Å². The van der Waals surface area contributed by atoms with E-state index in [4.69, 9.17) is 0 Å². The lowest BCUT2D eigenvalue weighted by molar-refractivity contribution is -0.163. The fraction of sp³-hybridized carbons (Fsp3) is 0.333. The van der Waals surface area contributed by atoms with Gasteiger partial charge in [0.15, 0.2) is 0 Å². The number of alkyl halides is 9. The summed E-state index contributed by atoms with van der Waals surface area (Å²) in [6, 6.07) is 0.569. The van der Waals surface area contributed by atoms with E-state index in [0.717, 1.165) is 0 Å². The molecule has 114 valence electrons. The van der Waals surface area contributed by atoms with Crippen molar-refractivity contribution in [2.75, 3.05) is 0 Å². The van der Waals surface area contributed by atoms with Gasteiger partial charge in [-0.05, 0) is 39.8 Å². The lowest BCUT2D eigenvalue weighted by atomic mass is 10.1. The zero-order valence-electron chi connectivity index (χ0n) is 8.84. The second kappa shape index (κ2) is 5.32. The normalized spacial score (nSPS) is 13.7. The molecule has 0 bridgehead atoms. The van der Waals surface area contributed by atoms with Crippen LogP contribution in [0.25, 0.3) is 0 Å². The van der Waals surface area contributed by atoms with E-state index in [1.165, 1.54) is 0 Å². The van der Waals surface area contributed by atoms with Crippen molar-refractivity contribution in [1.29, 1.82) is 0 Å². The molecule has 0 aliphatic heterocycles. The highest BCUT2D eigenvalue weighted by Crippen LogP contribution is 2.50.